The molecule has 4 nitrogen and oxygen atoms in total. The first-order chi connectivity index (χ1) is 8.17. The highest BCUT2D eigenvalue weighted by Crippen LogP contribution is 2.29. The first kappa shape index (κ1) is 11.3. The molecule has 0 spiro atoms. The highest BCUT2D eigenvalue weighted by Gasteiger charge is 2.12. The Hall–Kier alpha value is -2.23. The highest BCUT2D eigenvalue weighted by atomic mass is 16.5. The Balaban J connectivity index is 2.76. The lowest BCUT2D eigenvalue weighted by Crippen LogP contribution is -2.06. The minimum Gasteiger partial charge on any atom is -0.507 e. The molecule has 0 aliphatic carbocycles. The maximum Gasteiger partial charge on any atom is 0.343 e. The van der Waals surface area contributed by atoms with E-state index in [1.165, 1.54) is 7.11 Å². The van der Waals surface area contributed by atoms with Crippen molar-refractivity contribution in [2.75, 3.05) is 7.11 Å². The van der Waals surface area contributed by atoms with Crippen LogP contribution in [0.2, 0.25) is 0 Å². The second-order valence-electron chi connectivity index (χ2n) is 3.57. The van der Waals surface area contributed by atoms with E-state index in [-0.39, 0.29) is 17.7 Å². The molecular weight excluding hydrogens is 220 g/mol. The van der Waals surface area contributed by atoms with E-state index in [4.69, 9.17) is 9.15 Å². The molecule has 17 heavy (non-hydrogen) atoms. The predicted molar refractivity (Wildman–Crippen MR) is 64.6 cm³/mol. The minimum absolute atomic E-state index is 0.0567. The van der Waals surface area contributed by atoms with E-state index in [1.807, 2.05) is 0 Å². The molecule has 88 valence electrons. The number of methoxy groups -OCH3 is 1. The van der Waals surface area contributed by atoms with Crippen molar-refractivity contribution in [2.45, 2.75) is 6.42 Å². The van der Waals surface area contributed by atoms with Crippen molar-refractivity contribution < 1.29 is 14.3 Å². The maximum atomic E-state index is 11.6. The Morgan fingerprint density at radius 3 is 2.94 bits per heavy atom. The topological polar surface area (TPSA) is 59.7 Å². The first-order valence-electron chi connectivity index (χ1n) is 5.11. The minimum atomic E-state index is -0.553. The number of benzene rings is 1. The molecule has 1 N–H and O–H groups in total. The summed E-state index contributed by atoms with van der Waals surface area (Å²) in [6.07, 6.45) is 1.82. The third-order valence-electron chi connectivity index (χ3n) is 2.53. The van der Waals surface area contributed by atoms with Gasteiger partial charge in [-0.05, 0) is 12.1 Å². The van der Waals surface area contributed by atoms with Crippen LogP contribution in [0.5, 0.6) is 11.5 Å². The normalized spacial score (nSPS) is 10.4. The second kappa shape index (κ2) is 4.33. The lowest BCUT2D eigenvalue weighted by atomic mass is 10.1. The van der Waals surface area contributed by atoms with Gasteiger partial charge < -0.3 is 14.3 Å². The SMILES string of the molecule is C=CCc1c(O)c2ccc(OC)cc2oc1=O. The summed E-state index contributed by atoms with van der Waals surface area (Å²) in [5.41, 5.74) is -0.0273. The number of hydrogen-bond donors (Lipinski definition) is 1. The molecule has 0 atom stereocenters. The third-order valence-corrected chi connectivity index (χ3v) is 2.53. The van der Waals surface area contributed by atoms with Crippen LogP contribution in [0.1, 0.15) is 5.56 Å². The van der Waals surface area contributed by atoms with Gasteiger partial charge in [-0.1, -0.05) is 6.08 Å². The number of ether oxygens (including phenoxy) is 1. The molecule has 0 unspecified atom stereocenters. The zero-order valence-electron chi connectivity index (χ0n) is 9.40. The summed E-state index contributed by atoms with van der Waals surface area (Å²) in [5, 5.41) is 10.5. The lowest BCUT2D eigenvalue weighted by Gasteiger charge is -2.05. The van der Waals surface area contributed by atoms with Crippen LogP contribution in [-0.2, 0) is 6.42 Å². The fraction of sp³-hybridized carbons (Fsp3) is 0.154. The molecule has 0 saturated carbocycles. The van der Waals surface area contributed by atoms with E-state index >= 15 is 0 Å². The Labute approximate surface area is 97.8 Å². The Bertz CT molecular complexity index is 625. The summed E-state index contributed by atoms with van der Waals surface area (Å²) in [6.45, 7) is 3.53. The van der Waals surface area contributed by atoms with Crippen molar-refractivity contribution in [3.05, 3.63) is 46.8 Å². The van der Waals surface area contributed by atoms with Gasteiger partial charge in [0.2, 0.25) is 0 Å². The predicted octanol–water partition coefficient (Wildman–Crippen LogP) is 2.24. The molecule has 0 amide bonds. The van der Waals surface area contributed by atoms with Crippen molar-refractivity contribution in [3.63, 3.8) is 0 Å². The van der Waals surface area contributed by atoms with Crippen molar-refractivity contribution in [1.82, 2.24) is 0 Å². The summed E-state index contributed by atoms with van der Waals surface area (Å²) in [7, 11) is 1.52. The molecule has 0 aliphatic rings. The van der Waals surface area contributed by atoms with E-state index in [1.54, 1.807) is 24.3 Å². The molecule has 0 fully saturated rings. The van der Waals surface area contributed by atoms with Crippen LogP contribution in [0, 0.1) is 0 Å². The molecule has 1 heterocycles. The quantitative estimate of drug-likeness (QED) is 0.651. The van der Waals surface area contributed by atoms with E-state index in [0.717, 1.165) is 0 Å². The first-order valence-corrected chi connectivity index (χ1v) is 5.11. The molecule has 0 saturated heterocycles. The molecule has 2 aromatic rings. The van der Waals surface area contributed by atoms with E-state index in [2.05, 4.69) is 6.58 Å². The Morgan fingerprint density at radius 2 is 2.29 bits per heavy atom. The van der Waals surface area contributed by atoms with Crippen molar-refractivity contribution in [3.8, 4) is 11.5 Å². The monoisotopic (exact) mass is 232 g/mol. The van der Waals surface area contributed by atoms with Crippen molar-refractivity contribution in [1.29, 1.82) is 0 Å². The molecule has 0 radical (unpaired) electrons. The number of hydrogen-bond acceptors (Lipinski definition) is 4. The Morgan fingerprint density at radius 1 is 1.53 bits per heavy atom. The van der Waals surface area contributed by atoms with Crippen LogP contribution in [-0.4, -0.2) is 12.2 Å². The van der Waals surface area contributed by atoms with E-state index in [9.17, 15) is 9.90 Å². The van der Waals surface area contributed by atoms with Gasteiger partial charge in [-0.3, -0.25) is 0 Å². The molecule has 2 rings (SSSR count). The number of fused-ring (bicyclic) bond motifs is 1. The number of rotatable bonds is 3. The molecule has 1 aromatic carbocycles. The number of aromatic hydroxyl groups is 1. The lowest BCUT2D eigenvalue weighted by molar-refractivity contribution is 0.413. The van der Waals surface area contributed by atoms with Gasteiger partial charge in [0, 0.05) is 12.5 Å². The average Bonchev–Trinajstić information content (AvgIpc) is 2.33. The van der Waals surface area contributed by atoms with E-state index in [0.29, 0.717) is 16.7 Å². The highest BCUT2D eigenvalue weighted by molar-refractivity contribution is 5.85. The van der Waals surface area contributed by atoms with Gasteiger partial charge in [-0.2, -0.15) is 0 Å². The maximum absolute atomic E-state index is 11.6. The molecule has 1 aromatic heterocycles. The van der Waals surface area contributed by atoms with Crippen LogP contribution in [0.15, 0.2) is 40.1 Å². The van der Waals surface area contributed by atoms with Crippen molar-refractivity contribution in [2.24, 2.45) is 0 Å². The largest absolute Gasteiger partial charge is 0.507 e. The molecule has 4 heteroatoms. The fourth-order valence-corrected chi connectivity index (χ4v) is 1.65. The molecular formula is C13H12O4. The third kappa shape index (κ3) is 1.89. The summed E-state index contributed by atoms with van der Waals surface area (Å²) in [5.74, 6) is 0.510. The van der Waals surface area contributed by atoms with Gasteiger partial charge in [-0.15, -0.1) is 6.58 Å². The zero-order valence-corrected chi connectivity index (χ0v) is 9.40. The standard InChI is InChI=1S/C13H12O4/c1-3-4-10-12(14)9-6-5-8(16-2)7-11(9)17-13(10)15/h3,5-7,14H,1,4H2,2H3. The molecule has 0 bridgehead atoms. The molecule has 0 aliphatic heterocycles. The summed E-state index contributed by atoms with van der Waals surface area (Å²) in [6, 6.07) is 4.91. The van der Waals surface area contributed by atoms with Gasteiger partial charge in [0.25, 0.3) is 0 Å². The van der Waals surface area contributed by atoms with Crippen LogP contribution >= 0.6 is 0 Å². The second-order valence-corrected chi connectivity index (χ2v) is 3.57. The average molecular weight is 232 g/mol. The van der Waals surface area contributed by atoms with Crippen LogP contribution < -0.4 is 10.4 Å². The van der Waals surface area contributed by atoms with Crippen molar-refractivity contribution >= 4 is 11.0 Å². The summed E-state index contributed by atoms with van der Waals surface area (Å²) < 4.78 is 10.1. The van der Waals surface area contributed by atoms with Gasteiger partial charge in [0.05, 0.1) is 18.1 Å². The fourth-order valence-electron chi connectivity index (χ4n) is 1.65. The van der Waals surface area contributed by atoms with Crippen LogP contribution in [0.25, 0.3) is 11.0 Å². The van der Waals surface area contributed by atoms with Gasteiger partial charge >= 0.3 is 5.63 Å². The van der Waals surface area contributed by atoms with Gasteiger partial charge in [0.1, 0.15) is 17.1 Å². The Kier molecular flexibility index (Phi) is 2.87. The number of allylic oxidation sites excluding steroid dienone is 1. The summed E-state index contributed by atoms with van der Waals surface area (Å²) in [4.78, 5) is 11.6. The van der Waals surface area contributed by atoms with Gasteiger partial charge in [-0.25, -0.2) is 4.79 Å². The summed E-state index contributed by atoms with van der Waals surface area (Å²) >= 11 is 0. The van der Waals surface area contributed by atoms with Crippen LogP contribution in [0.4, 0.5) is 0 Å². The smallest absolute Gasteiger partial charge is 0.343 e. The van der Waals surface area contributed by atoms with Crippen LogP contribution in [0.3, 0.4) is 0 Å². The zero-order chi connectivity index (χ0) is 12.4. The van der Waals surface area contributed by atoms with E-state index < -0.39 is 5.63 Å². The van der Waals surface area contributed by atoms with Gasteiger partial charge in [0.15, 0.2) is 0 Å².